The van der Waals surface area contributed by atoms with Crippen LogP contribution in [-0.2, 0) is 21.2 Å². The fourth-order valence-corrected chi connectivity index (χ4v) is 5.38. The summed E-state index contributed by atoms with van der Waals surface area (Å²) in [5, 5.41) is 3.07. The summed E-state index contributed by atoms with van der Waals surface area (Å²) in [6.07, 6.45) is 3.24. The topological polar surface area (TPSA) is 75.7 Å². The molecule has 1 aliphatic rings. The van der Waals surface area contributed by atoms with Gasteiger partial charge < -0.3 is 10.1 Å². The van der Waals surface area contributed by atoms with Crippen molar-refractivity contribution in [1.29, 1.82) is 0 Å². The monoisotopic (exact) mass is 430 g/mol. The van der Waals surface area contributed by atoms with E-state index >= 15 is 0 Å². The summed E-state index contributed by atoms with van der Waals surface area (Å²) in [4.78, 5) is 12.8. The van der Waals surface area contributed by atoms with Crippen molar-refractivity contribution in [3.63, 3.8) is 0 Å². The number of aryl methyl sites for hydroxylation is 1. The zero-order chi connectivity index (χ0) is 21.6. The molecule has 1 N–H and O–H groups in total. The summed E-state index contributed by atoms with van der Waals surface area (Å²) in [7, 11) is -1.95. The number of methoxy groups -OCH3 is 1. The molecule has 1 aliphatic heterocycles. The summed E-state index contributed by atoms with van der Waals surface area (Å²) in [6.45, 7) is 3.15. The molecule has 30 heavy (non-hydrogen) atoms. The molecule has 1 atom stereocenters. The molecule has 6 nitrogen and oxygen atoms in total. The van der Waals surface area contributed by atoms with E-state index in [1.54, 1.807) is 25.3 Å². The molecule has 0 saturated carbocycles. The van der Waals surface area contributed by atoms with E-state index in [9.17, 15) is 13.2 Å². The maximum atomic E-state index is 12.9. The average molecular weight is 431 g/mol. The van der Waals surface area contributed by atoms with Crippen LogP contribution in [0, 0.1) is 0 Å². The number of rotatable bonds is 9. The van der Waals surface area contributed by atoms with Crippen molar-refractivity contribution in [2.75, 3.05) is 20.2 Å². The Kier molecular flexibility index (Phi) is 7.50. The molecule has 0 aliphatic carbocycles. The van der Waals surface area contributed by atoms with Gasteiger partial charge in [-0.2, -0.15) is 4.31 Å². The lowest BCUT2D eigenvalue weighted by Crippen LogP contribution is -2.28. The van der Waals surface area contributed by atoms with E-state index in [2.05, 4.69) is 5.32 Å². The first-order chi connectivity index (χ1) is 14.5. The standard InChI is InChI=1S/C23H30N2O4S/c1-3-21(18-9-5-4-6-10-18)24-23(26)14-11-19-17-20(12-13-22(19)29-2)30(27,28)25-15-7-8-16-25/h4-6,9-10,12-13,17,21H,3,7-8,11,14-16H2,1-2H3,(H,24,26). The molecule has 1 fully saturated rings. The summed E-state index contributed by atoms with van der Waals surface area (Å²) < 4.78 is 32.7. The van der Waals surface area contributed by atoms with Crippen LogP contribution in [0.3, 0.4) is 0 Å². The third kappa shape index (κ3) is 5.21. The van der Waals surface area contributed by atoms with Crippen LogP contribution in [-0.4, -0.2) is 38.8 Å². The Hall–Kier alpha value is -2.38. The lowest BCUT2D eigenvalue weighted by molar-refractivity contribution is -0.121. The van der Waals surface area contributed by atoms with Crippen molar-refractivity contribution in [3.05, 3.63) is 59.7 Å². The second kappa shape index (κ2) is 10.1. The second-order valence-corrected chi connectivity index (χ2v) is 9.46. The van der Waals surface area contributed by atoms with Gasteiger partial charge in [0.25, 0.3) is 0 Å². The summed E-state index contributed by atoms with van der Waals surface area (Å²) in [5.41, 5.74) is 1.80. The third-order valence-corrected chi connectivity index (χ3v) is 7.42. The van der Waals surface area contributed by atoms with Crippen LogP contribution in [0.4, 0.5) is 0 Å². The first kappa shape index (κ1) is 22.3. The molecule has 1 amide bonds. The third-order valence-electron chi connectivity index (χ3n) is 5.52. The minimum absolute atomic E-state index is 0.0394. The van der Waals surface area contributed by atoms with Gasteiger partial charge in [0.05, 0.1) is 18.0 Å². The Bertz CT molecular complexity index is 954. The first-order valence-electron chi connectivity index (χ1n) is 10.5. The molecule has 0 spiro atoms. The van der Waals surface area contributed by atoms with E-state index in [1.165, 1.54) is 4.31 Å². The molecular weight excluding hydrogens is 400 g/mol. The fourth-order valence-electron chi connectivity index (χ4n) is 3.81. The molecule has 1 saturated heterocycles. The van der Waals surface area contributed by atoms with Gasteiger partial charge in [0.15, 0.2) is 0 Å². The smallest absolute Gasteiger partial charge is 0.243 e. The Labute approximate surface area is 179 Å². The maximum Gasteiger partial charge on any atom is 0.243 e. The minimum Gasteiger partial charge on any atom is -0.496 e. The van der Waals surface area contributed by atoms with Gasteiger partial charge in [0.2, 0.25) is 15.9 Å². The van der Waals surface area contributed by atoms with Crippen molar-refractivity contribution >= 4 is 15.9 Å². The van der Waals surface area contributed by atoms with Crippen LogP contribution < -0.4 is 10.1 Å². The number of carbonyl (C=O) groups excluding carboxylic acids is 1. The van der Waals surface area contributed by atoms with E-state index in [1.807, 2.05) is 37.3 Å². The minimum atomic E-state index is -3.51. The molecule has 2 aromatic carbocycles. The van der Waals surface area contributed by atoms with Gasteiger partial charge in [0, 0.05) is 19.5 Å². The van der Waals surface area contributed by atoms with Gasteiger partial charge in [-0.25, -0.2) is 8.42 Å². The zero-order valence-corrected chi connectivity index (χ0v) is 18.5. The fraction of sp³-hybridized carbons (Fsp3) is 0.435. The van der Waals surface area contributed by atoms with Crippen LogP contribution in [0.5, 0.6) is 5.75 Å². The van der Waals surface area contributed by atoms with Crippen molar-refractivity contribution < 1.29 is 17.9 Å². The van der Waals surface area contributed by atoms with Crippen LogP contribution in [0.15, 0.2) is 53.4 Å². The van der Waals surface area contributed by atoms with Crippen LogP contribution in [0.2, 0.25) is 0 Å². The number of amides is 1. The van der Waals surface area contributed by atoms with Crippen molar-refractivity contribution in [1.82, 2.24) is 9.62 Å². The number of hydrogen-bond donors (Lipinski definition) is 1. The molecule has 2 aromatic rings. The zero-order valence-electron chi connectivity index (χ0n) is 17.6. The molecule has 0 radical (unpaired) electrons. The van der Waals surface area contributed by atoms with E-state index < -0.39 is 10.0 Å². The number of carbonyl (C=O) groups is 1. The lowest BCUT2D eigenvalue weighted by atomic mass is 10.0. The molecule has 3 rings (SSSR count). The Morgan fingerprint density at radius 1 is 1.13 bits per heavy atom. The van der Waals surface area contributed by atoms with Crippen molar-refractivity contribution in [2.45, 2.75) is 50.0 Å². The maximum absolute atomic E-state index is 12.9. The van der Waals surface area contributed by atoms with Gasteiger partial charge in [-0.3, -0.25) is 4.79 Å². The highest BCUT2D eigenvalue weighted by molar-refractivity contribution is 7.89. The highest BCUT2D eigenvalue weighted by atomic mass is 32.2. The van der Waals surface area contributed by atoms with Gasteiger partial charge in [-0.15, -0.1) is 0 Å². The number of sulfonamides is 1. The molecule has 0 aromatic heterocycles. The predicted molar refractivity (Wildman–Crippen MR) is 117 cm³/mol. The van der Waals surface area contributed by atoms with Crippen LogP contribution >= 0.6 is 0 Å². The van der Waals surface area contributed by atoms with E-state index in [4.69, 9.17) is 4.74 Å². The van der Waals surface area contributed by atoms with Gasteiger partial charge in [0.1, 0.15) is 5.75 Å². The largest absolute Gasteiger partial charge is 0.496 e. The second-order valence-electron chi connectivity index (χ2n) is 7.52. The molecule has 7 heteroatoms. The highest BCUT2D eigenvalue weighted by Crippen LogP contribution is 2.27. The molecule has 1 heterocycles. The predicted octanol–water partition coefficient (Wildman–Crippen LogP) is 3.68. The quantitative estimate of drug-likeness (QED) is 0.658. The number of ether oxygens (including phenoxy) is 1. The Balaban J connectivity index is 1.70. The summed E-state index contributed by atoms with van der Waals surface area (Å²) in [6, 6.07) is 14.7. The average Bonchev–Trinajstić information content (AvgIpc) is 3.32. The number of nitrogens with one attached hydrogen (secondary N) is 1. The van der Waals surface area contributed by atoms with Crippen LogP contribution in [0.25, 0.3) is 0 Å². The van der Waals surface area contributed by atoms with Crippen LogP contribution in [0.1, 0.15) is 49.8 Å². The summed E-state index contributed by atoms with van der Waals surface area (Å²) in [5.74, 6) is 0.527. The van der Waals surface area contributed by atoms with Crippen molar-refractivity contribution in [2.24, 2.45) is 0 Å². The van der Waals surface area contributed by atoms with E-state index in [0.717, 1.165) is 30.4 Å². The van der Waals surface area contributed by atoms with E-state index in [0.29, 0.717) is 25.3 Å². The highest BCUT2D eigenvalue weighted by Gasteiger charge is 2.27. The molecular formula is C23H30N2O4S. The Morgan fingerprint density at radius 2 is 1.83 bits per heavy atom. The number of hydrogen-bond acceptors (Lipinski definition) is 4. The molecule has 162 valence electrons. The molecule has 1 unspecified atom stereocenters. The summed E-state index contributed by atoms with van der Waals surface area (Å²) >= 11 is 0. The Morgan fingerprint density at radius 3 is 2.47 bits per heavy atom. The number of nitrogens with zero attached hydrogens (tertiary/aromatic N) is 1. The van der Waals surface area contributed by atoms with Gasteiger partial charge in [-0.1, -0.05) is 37.3 Å². The van der Waals surface area contributed by atoms with Gasteiger partial charge >= 0.3 is 0 Å². The van der Waals surface area contributed by atoms with Crippen molar-refractivity contribution in [3.8, 4) is 5.75 Å². The normalized spacial score (nSPS) is 15.7. The van der Waals surface area contributed by atoms with Gasteiger partial charge in [-0.05, 0) is 55.0 Å². The first-order valence-corrected chi connectivity index (χ1v) is 11.9. The SMILES string of the molecule is CCC(NC(=O)CCc1cc(S(=O)(=O)N2CCCC2)ccc1OC)c1ccccc1. The molecule has 0 bridgehead atoms. The lowest BCUT2D eigenvalue weighted by Gasteiger charge is -2.19. The van der Waals surface area contributed by atoms with E-state index in [-0.39, 0.29) is 23.3 Å². The number of benzene rings is 2.